The normalized spacial score (nSPS) is 17.0. The monoisotopic (exact) mass is 538 g/mol. The first-order valence-electron chi connectivity index (χ1n) is 12.1. The SMILES string of the molecule is CC1(C)CC(NC(=O)c2ccc(Nc3nc(Nc4ccc(C(=O)O)cc4)ncc3Cl)cc2)CC(C)(C)N1O. The van der Waals surface area contributed by atoms with Gasteiger partial charge in [-0.25, -0.2) is 9.78 Å². The molecule has 1 saturated heterocycles. The topological polar surface area (TPSA) is 140 Å². The molecule has 1 amide bonds. The van der Waals surface area contributed by atoms with Crippen molar-refractivity contribution in [3.05, 3.63) is 70.9 Å². The van der Waals surface area contributed by atoms with Gasteiger partial charge >= 0.3 is 5.97 Å². The van der Waals surface area contributed by atoms with Crippen LogP contribution < -0.4 is 16.0 Å². The maximum atomic E-state index is 12.9. The van der Waals surface area contributed by atoms with Crippen LogP contribution >= 0.6 is 11.6 Å². The molecule has 1 aromatic heterocycles. The number of benzene rings is 2. The van der Waals surface area contributed by atoms with Crippen molar-refractivity contribution in [2.75, 3.05) is 10.6 Å². The number of hydrogen-bond acceptors (Lipinski definition) is 8. The smallest absolute Gasteiger partial charge is 0.335 e. The van der Waals surface area contributed by atoms with Crippen LogP contribution in [-0.2, 0) is 0 Å². The first-order valence-corrected chi connectivity index (χ1v) is 12.5. The predicted octanol–water partition coefficient (Wildman–Crippen LogP) is 5.46. The van der Waals surface area contributed by atoms with E-state index < -0.39 is 17.0 Å². The van der Waals surface area contributed by atoms with Gasteiger partial charge < -0.3 is 26.3 Å². The highest BCUT2D eigenvalue weighted by Crippen LogP contribution is 2.36. The molecule has 200 valence electrons. The van der Waals surface area contributed by atoms with Crippen LogP contribution in [0.1, 0.15) is 61.3 Å². The molecule has 0 bridgehead atoms. The van der Waals surface area contributed by atoms with E-state index in [1.54, 1.807) is 36.4 Å². The Morgan fingerprint density at radius 2 is 1.45 bits per heavy atom. The summed E-state index contributed by atoms with van der Waals surface area (Å²) in [6.07, 6.45) is 2.71. The number of aromatic carboxylic acids is 1. The number of aromatic nitrogens is 2. The number of carboxylic acids is 1. The number of carbonyl (C=O) groups is 2. The first-order chi connectivity index (χ1) is 17.8. The van der Waals surface area contributed by atoms with Crippen molar-refractivity contribution in [1.82, 2.24) is 20.3 Å². The minimum absolute atomic E-state index is 0.0696. The number of hydrogen-bond donors (Lipinski definition) is 5. The van der Waals surface area contributed by atoms with Gasteiger partial charge in [-0.15, -0.1) is 0 Å². The first kappa shape index (κ1) is 27.3. The fourth-order valence-electron chi connectivity index (χ4n) is 4.82. The molecule has 2 heterocycles. The Morgan fingerprint density at radius 1 is 0.921 bits per heavy atom. The molecule has 11 heteroatoms. The van der Waals surface area contributed by atoms with Gasteiger partial charge in [0.2, 0.25) is 5.95 Å². The molecule has 0 saturated carbocycles. The molecule has 0 aliphatic carbocycles. The lowest BCUT2D eigenvalue weighted by Gasteiger charge is -2.51. The lowest BCUT2D eigenvalue weighted by atomic mass is 9.79. The molecule has 10 nitrogen and oxygen atoms in total. The van der Waals surface area contributed by atoms with Gasteiger partial charge in [-0.3, -0.25) is 4.79 Å². The Balaban J connectivity index is 1.40. The van der Waals surface area contributed by atoms with E-state index >= 15 is 0 Å². The second kappa shape index (κ2) is 10.6. The second-order valence-corrected chi connectivity index (χ2v) is 11.0. The maximum absolute atomic E-state index is 12.9. The zero-order valence-electron chi connectivity index (χ0n) is 21.6. The van der Waals surface area contributed by atoms with Gasteiger partial charge in [-0.05, 0) is 89.1 Å². The molecular weight excluding hydrogens is 508 g/mol. The van der Waals surface area contributed by atoms with Crippen LogP contribution in [0.4, 0.5) is 23.1 Å². The van der Waals surface area contributed by atoms with E-state index in [1.165, 1.54) is 23.4 Å². The van der Waals surface area contributed by atoms with Crippen molar-refractivity contribution in [1.29, 1.82) is 0 Å². The van der Waals surface area contributed by atoms with Crippen molar-refractivity contribution in [2.24, 2.45) is 0 Å². The molecule has 38 heavy (non-hydrogen) atoms. The Bertz CT molecular complexity index is 1310. The third kappa shape index (κ3) is 6.21. The van der Waals surface area contributed by atoms with Crippen LogP contribution in [0.25, 0.3) is 0 Å². The van der Waals surface area contributed by atoms with Crippen molar-refractivity contribution < 1.29 is 19.9 Å². The number of halogens is 1. The fourth-order valence-corrected chi connectivity index (χ4v) is 4.96. The van der Waals surface area contributed by atoms with Gasteiger partial charge in [0, 0.05) is 34.1 Å². The number of carbonyl (C=O) groups excluding carboxylic acids is 1. The highest BCUT2D eigenvalue weighted by atomic mass is 35.5. The molecule has 3 aromatic rings. The molecule has 2 aromatic carbocycles. The summed E-state index contributed by atoms with van der Waals surface area (Å²) in [5.41, 5.74) is 1.07. The zero-order valence-corrected chi connectivity index (χ0v) is 22.4. The molecule has 1 aliphatic heterocycles. The van der Waals surface area contributed by atoms with E-state index in [0.717, 1.165) is 0 Å². The molecule has 0 spiro atoms. The maximum Gasteiger partial charge on any atom is 0.335 e. The van der Waals surface area contributed by atoms with Gasteiger partial charge in [0.1, 0.15) is 5.02 Å². The molecule has 1 fully saturated rings. The quantitative estimate of drug-likeness (QED) is 0.265. The molecule has 4 rings (SSSR count). The van der Waals surface area contributed by atoms with E-state index in [-0.39, 0.29) is 23.5 Å². The van der Waals surface area contributed by atoms with Crippen LogP contribution in [-0.4, -0.2) is 54.3 Å². The number of carboxylic acid groups (broad SMARTS) is 1. The van der Waals surface area contributed by atoms with Gasteiger partial charge in [0.05, 0.1) is 11.8 Å². The van der Waals surface area contributed by atoms with Crippen LogP contribution in [0.15, 0.2) is 54.7 Å². The Hall–Kier alpha value is -3.73. The summed E-state index contributed by atoms with van der Waals surface area (Å²) in [6, 6.07) is 13.1. The summed E-state index contributed by atoms with van der Waals surface area (Å²) in [5, 5.41) is 30.5. The van der Waals surface area contributed by atoms with Crippen molar-refractivity contribution in [2.45, 2.75) is 57.7 Å². The molecule has 0 atom stereocenters. The van der Waals surface area contributed by atoms with E-state index in [2.05, 4.69) is 25.9 Å². The fraction of sp³-hybridized carbons (Fsp3) is 0.333. The minimum atomic E-state index is -1.01. The Morgan fingerprint density at radius 3 is 2.00 bits per heavy atom. The van der Waals surface area contributed by atoms with Gasteiger partial charge in [-0.1, -0.05) is 11.6 Å². The van der Waals surface area contributed by atoms with Crippen LogP contribution in [0.3, 0.4) is 0 Å². The number of hydroxylamine groups is 2. The number of amides is 1. The number of anilines is 4. The summed E-state index contributed by atoms with van der Waals surface area (Å²) in [6.45, 7) is 7.84. The highest BCUT2D eigenvalue weighted by Gasteiger charge is 2.45. The van der Waals surface area contributed by atoms with Gasteiger partial charge in [0.15, 0.2) is 5.82 Å². The number of rotatable bonds is 7. The highest BCUT2D eigenvalue weighted by molar-refractivity contribution is 6.32. The van der Waals surface area contributed by atoms with E-state index in [0.29, 0.717) is 40.6 Å². The zero-order chi connectivity index (χ0) is 27.7. The third-order valence-electron chi connectivity index (χ3n) is 6.52. The summed E-state index contributed by atoms with van der Waals surface area (Å²) in [5.74, 6) is -0.547. The lowest BCUT2D eigenvalue weighted by Crippen LogP contribution is -2.62. The number of piperidine rings is 1. The van der Waals surface area contributed by atoms with Gasteiger partial charge in [-0.2, -0.15) is 10.0 Å². The summed E-state index contributed by atoms with van der Waals surface area (Å²) in [4.78, 5) is 32.5. The Kier molecular flexibility index (Phi) is 7.59. The van der Waals surface area contributed by atoms with Crippen LogP contribution in [0, 0.1) is 0 Å². The number of nitrogens with one attached hydrogen (secondary N) is 3. The average Bonchev–Trinajstić information content (AvgIpc) is 2.85. The van der Waals surface area contributed by atoms with E-state index in [4.69, 9.17) is 16.7 Å². The molecule has 0 unspecified atom stereocenters. The number of nitrogens with zero attached hydrogens (tertiary/aromatic N) is 3. The van der Waals surface area contributed by atoms with E-state index in [1.807, 2.05) is 27.7 Å². The van der Waals surface area contributed by atoms with Crippen LogP contribution in [0.2, 0.25) is 5.02 Å². The minimum Gasteiger partial charge on any atom is -0.478 e. The standard InChI is InChI=1S/C27H31ClN6O4/c1-26(2)13-20(14-27(3,4)34(26)38)31-23(35)16-5-9-18(10-6-16)30-22-21(28)15-29-25(33-22)32-19-11-7-17(8-12-19)24(36)37/h5-12,15,20,38H,13-14H2,1-4H3,(H,31,35)(H,36,37)(H2,29,30,32,33). The van der Waals surface area contributed by atoms with Crippen LogP contribution in [0.5, 0.6) is 0 Å². The lowest BCUT2D eigenvalue weighted by molar-refractivity contribution is -0.245. The summed E-state index contributed by atoms with van der Waals surface area (Å²) in [7, 11) is 0. The summed E-state index contributed by atoms with van der Waals surface area (Å²) >= 11 is 6.29. The molecular formula is C27H31ClN6O4. The summed E-state index contributed by atoms with van der Waals surface area (Å²) < 4.78 is 0. The van der Waals surface area contributed by atoms with Gasteiger partial charge in [0.25, 0.3) is 5.91 Å². The molecule has 1 aliphatic rings. The largest absolute Gasteiger partial charge is 0.478 e. The van der Waals surface area contributed by atoms with Crippen molar-refractivity contribution in [3.8, 4) is 0 Å². The van der Waals surface area contributed by atoms with Crippen molar-refractivity contribution >= 4 is 46.6 Å². The van der Waals surface area contributed by atoms with E-state index in [9.17, 15) is 14.8 Å². The third-order valence-corrected chi connectivity index (χ3v) is 6.79. The second-order valence-electron chi connectivity index (χ2n) is 10.6. The van der Waals surface area contributed by atoms with Crippen molar-refractivity contribution in [3.63, 3.8) is 0 Å². The average molecular weight is 539 g/mol. The Labute approximate surface area is 226 Å². The predicted molar refractivity (Wildman–Crippen MR) is 146 cm³/mol. The molecule has 5 N–H and O–H groups in total. The molecule has 0 radical (unpaired) electrons.